The average molecular weight is 300 g/mol. The number of hydrazone groups is 1. The molecular formula is C5H8N12O4. The summed E-state index contributed by atoms with van der Waals surface area (Å²) in [5.41, 5.74) is 4.39. The summed E-state index contributed by atoms with van der Waals surface area (Å²) in [6.45, 7) is 0. The molecule has 0 aliphatic carbocycles. The Balaban J connectivity index is 0.000000270. The van der Waals surface area contributed by atoms with Gasteiger partial charge in [-0.25, -0.2) is 16.8 Å². The molecule has 8 N–H and O–H groups in total. The average Bonchev–Trinajstić information content (AvgIpc) is 2.98. The van der Waals surface area contributed by atoms with Gasteiger partial charge in [-0.15, -0.1) is 5.10 Å². The molecule has 0 bridgehead atoms. The van der Waals surface area contributed by atoms with Crippen LogP contribution in [0.4, 0.5) is 0 Å². The van der Waals surface area contributed by atoms with E-state index in [4.69, 9.17) is 17.4 Å². The van der Waals surface area contributed by atoms with Crippen molar-refractivity contribution < 1.29 is 9.85 Å². The maximum atomic E-state index is 10.3. The van der Waals surface area contributed by atoms with Gasteiger partial charge >= 0.3 is 11.6 Å². The number of nitrogens with zero attached hydrogens (tertiary/aromatic N) is 8. The number of nitro groups is 2. The maximum Gasteiger partial charge on any atom is 0.423 e. The van der Waals surface area contributed by atoms with E-state index in [2.05, 4.69) is 31.4 Å². The number of nitrogens with two attached hydrogens (primary N) is 4. The monoisotopic (exact) mass is 300 g/mol. The Morgan fingerprint density at radius 2 is 1.38 bits per heavy atom. The van der Waals surface area contributed by atoms with Crippen molar-refractivity contribution in [2.24, 2.45) is 48.8 Å². The molecular weight excluding hydrogens is 292 g/mol. The van der Waals surface area contributed by atoms with Gasteiger partial charge in [-0.3, -0.25) is 0 Å². The van der Waals surface area contributed by atoms with E-state index in [1.807, 2.05) is 0 Å². The van der Waals surface area contributed by atoms with Gasteiger partial charge in [0, 0.05) is 0 Å². The van der Waals surface area contributed by atoms with Crippen LogP contribution in [0.15, 0.2) is 48.6 Å². The fourth-order valence-corrected chi connectivity index (χ4v) is 0.998. The van der Waals surface area contributed by atoms with E-state index in [-0.39, 0.29) is 17.4 Å². The second-order valence-electron chi connectivity index (χ2n) is 3.15. The minimum absolute atomic E-state index is 0.111. The van der Waals surface area contributed by atoms with E-state index in [1.54, 1.807) is 0 Å². The summed E-state index contributed by atoms with van der Waals surface area (Å²) < 4.78 is 0. The molecule has 0 aromatic heterocycles. The predicted molar refractivity (Wildman–Crippen MR) is 63.8 cm³/mol. The lowest BCUT2D eigenvalue weighted by molar-refractivity contribution is -0.427. The molecule has 0 atom stereocenters. The highest BCUT2D eigenvalue weighted by Gasteiger charge is 2.42. The Morgan fingerprint density at radius 1 is 1.00 bits per heavy atom. The zero-order valence-electron chi connectivity index (χ0n) is 10.0. The number of hydrogen-bond acceptors (Lipinski definition) is 12. The summed E-state index contributed by atoms with van der Waals surface area (Å²) in [6.07, 6.45) is 0. The number of fused-ring (bicyclic) bond motifs is 1. The van der Waals surface area contributed by atoms with Crippen LogP contribution in [0.1, 0.15) is 0 Å². The van der Waals surface area contributed by atoms with Crippen LogP contribution >= 0.6 is 0 Å². The van der Waals surface area contributed by atoms with E-state index in [0.717, 1.165) is 0 Å². The van der Waals surface area contributed by atoms with Crippen molar-refractivity contribution in [1.82, 2.24) is 5.12 Å². The molecule has 16 nitrogen and oxygen atoms in total. The highest BCUT2D eigenvalue weighted by Crippen LogP contribution is 2.34. The molecule has 0 saturated carbocycles. The molecule has 0 saturated heterocycles. The minimum atomic E-state index is -0.826. The van der Waals surface area contributed by atoms with Crippen molar-refractivity contribution >= 4 is 5.96 Å². The molecule has 0 fully saturated rings. The van der Waals surface area contributed by atoms with Crippen LogP contribution in [0.2, 0.25) is 0 Å². The van der Waals surface area contributed by atoms with Crippen LogP contribution in [0.5, 0.6) is 0 Å². The summed E-state index contributed by atoms with van der Waals surface area (Å²) >= 11 is 0. The van der Waals surface area contributed by atoms with Crippen molar-refractivity contribution in [2.75, 3.05) is 0 Å². The van der Waals surface area contributed by atoms with Gasteiger partial charge in [-0.05, 0) is 20.1 Å². The second kappa shape index (κ2) is 6.08. The molecule has 112 valence electrons. The number of rotatable bonds is 2. The van der Waals surface area contributed by atoms with Crippen LogP contribution in [0, 0.1) is 20.2 Å². The Labute approximate surface area is 114 Å². The lowest BCUT2D eigenvalue weighted by Gasteiger charge is -2.06. The fraction of sp³-hybridized carbons (Fsp3) is 0. The summed E-state index contributed by atoms with van der Waals surface area (Å²) in [5.74, 6) is 12.9. The number of hydrogen-bond donors (Lipinski definition) is 4. The van der Waals surface area contributed by atoms with E-state index >= 15 is 0 Å². The summed E-state index contributed by atoms with van der Waals surface area (Å²) in [4.78, 5) is 19.0. The molecule has 0 aromatic rings. The zero-order chi connectivity index (χ0) is 16.2. The van der Waals surface area contributed by atoms with Crippen molar-refractivity contribution in [3.8, 4) is 0 Å². The van der Waals surface area contributed by atoms with E-state index in [0.29, 0.717) is 5.12 Å². The molecule has 0 aromatic carbocycles. The maximum absolute atomic E-state index is 10.3. The Bertz CT molecular complexity index is 582. The molecule has 0 radical (unpaired) electrons. The first-order valence-corrected chi connectivity index (χ1v) is 4.73. The largest absolute Gasteiger partial charge is 0.423 e. The van der Waals surface area contributed by atoms with Crippen molar-refractivity contribution in [3.05, 3.63) is 43.3 Å². The normalized spacial score (nSPS) is 15.8. The zero-order valence-corrected chi connectivity index (χ0v) is 10.0. The summed E-state index contributed by atoms with van der Waals surface area (Å²) in [5, 5.41) is 37.0. The molecule has 21 heavy (non-hydrogen) atoms. The molecule has 2 heterocycles. The number of azo groups is 2. The van der Waals surface area contributed by atoms with Crippen LogP contribution in [0.25, 0.3) is 0 Å². The van der Waals surface area contributed by atoms with Crippen molar-refractivity contribution in [3.63, 3.8) is 0 Å². The summed E-state index contributed by atoms with van der Waals surface area (Å²) in [6, 6.07) is 0. The topological polar surface area (TPSA) is 255 Å². The van der Waals surface area contributed by atoms with Gasteiger partial charge in [-0.1, -0.05) is 0 Å². The number of guanidine groups is 1. The SMILES string of the molecule is NN=C(N)N(N)N.O=[N+]([O-])C1=C2N=NC([N+](=O)[O-])=C2N=N1. The van der Waals surface area contributed by atoms with Crippen LogP contribution in [-0.4, -0.2) is 20.9 Å². The Kier molecular flexibility index (Phi) is 4.49. The van der Waals surface area contributed by atoms with E-state index < -0.39 is 21.5 Å². The quantitative estimate of drug-likeness (QED) is 0.145. The van der Waals surface area contributed by atoms with Crippen molar-refractivity contribution in [1.29, 1.82) is 0 Å². The molecule has 2 aliphatic rings. The van der Waals surface area contributed by atoms with Crippen LogP contribution in [0.3, 0.4) is 0 Å². The van der Waals surface area contributed by atoms with Gasteiger partial charge in [0.2, 0.25) is 17.4 Å². The third-order valence-corrected chi connectivity index (χ3v) is 1.88. The number of hydrazine groups is 2. The first-order valence-electron chi connectivity index (χ1n) is 4.73. The first-order chi connectivity index (χ1) is 9.79. The standard InChI is InChI=1S/C4N6O4.CH8N6/c11-9(12)3-1-2(6-7-3)4(8-5-1)10(13)14;2-1(6-3)7(4)5/h;3-5H2,(H2,2,6). The van der Waals surface area contributed by atoms with Crippen molar-refractivity contribution in [2.45, 2.75) is 0 Å². The highest BCUT2D eigenvalue weighted by atomic mass is 16.6. The van der Waals surface area contributed by atoms with Gasteiger partial charge in [0.25, 0.3) is 0 Å². The second-order valence-corrected chi connectivity index (χ2v) is 3.15. The molecule has 0 amide bonds. The first kappa shape index (κ1) is 15.5. The third kappa shape index (κ3) is 3.27. The van der Waals surface area contributed by atoms with Gasteiger partial charge in [-0.2, -0.15) is 0 Å². The molecule has 0 unspecified atom stereocenters. The lowest BCUT2D eigenvalue weighted by Crippen LogP contribution is -2.48. The van der Waals surface area contributed by atoms with Gasteiger partial charge in [0.1, 0.15) is 0 Å². The van der Waals surface area contributed by atoms with Crippen LogP contribution < -0.4 is 23.3 Å². The van der Waals surface area contributed by atoms with E-state index in [1.165, 1.54) is 0 Å². The Morgan fingerprint density at radius 3 is 1.57 bits per heavy atom. The highest BCUT2D eigenvalue weighted by molar-refractivity contribution is 5.76. The smallest absolute Gasteiger partial charge is 0.366 e. The molecule has 16 heteroatoms. The summed E-state index contributed by atoms with van der Waals surface area (Å²) in [7, 11) is 0. The molecule has 2 rings (SSSR count). The van der Waals surface area contributed by atoms with Gasteiger partial charge < -0.3 is 31.8 Å². The van der Waals surface area contributed by atoms with Gasteiger partial charge in [0.15, 0.2) is 0 Å². The fourth-order valence-electron chi connectivity index (χ4n) is 0.998. The minimum Gasteiger partial charge on any atom is -0.366 e. The Hall–Kier alpha value is -3.53. The third-order valence-electron chi connectivity index (χ3n) is 1.88. The molecule has 2 aliphatic heterocycles. The van der Waals surface area contributed by atoms with Gasteiger partial charge in [0.05, 0.1) is 10.2 Å². The molecule has 0 spiro atoms. The lowest BCUT2D eigenvalue weighted by atomic mass is 10.3. The van der Waals surface area contributed by atoms with E-state index in [9.17, 15) is 20.2 Å². The van der Waals surface area contributed by atoms with Crippen LogP contribution in [-0.2, 0) is 0 Å². The predicted octanol–water partition coefficient (Wildman–Crippen LogP) is -1.97.